The summed E-state index contributed by atoms with van der Waals surface area (Å²) >= 11 is 1.61. The van der Waals surface area contributed by atoms with E-state index >= 15 is 0 Å². The maximum absolute atomic E-state index is 12.9. The molecule has 0 aliphatic carbocycles. The number of alkyl halides is 3. The zero-order valence-electron chi connectivity index (χ0n) is 25.3. The zero-order valence-corrected chi connectivity index (χ0v) is 26.2. The first kappa shape index (κ1) is 32.1. The number of benzene rings is 3. The van der Waals surface area contributed by atoms with Crippen LogP contribution in [-0.2, 0) is 12.8 Å². The van der Waals surface area contributed by atoms with Gasteiger partial charge in [-0.25, -0.2) is 14.5 Å². The number of nitrogens with one attached hydrogen (secondary N) is 1. The van der Waals surface area contributed by atoms with Crippen molar-refractivity contribution in [2.45, 2.75) is 46.4 Å². The fourth-order valence-corrected chi connectivity index (χ4v) is 6.05. The minimum absolute atomic E-state index is 0.229. The van der Waals surface area contributed by atoms with Gasteiger partial charge in [-0.1, -0.05) is 75.0 Å². The lowest BCUT2D eigenvalue weighted by Crippen LogP contribution is -2.38. The van der Waals surface area contributed by atoms with E-state index in [2.05, 4.69) is 62.9 Å². The number of para-hydroxylation sites is 1. The quantitative estimate of drug-likeness (QED) is 0.203. The minimum Gasteiger partial charge on any atom is -0.406 e. The number of aliphatic imine (C=N–C) groups is 1. The normalized spacial score (nSPS) is 14.9. The lowest BCUT2D eigenvalue weighted by Gasteiger charge is -2.31. The third-order valence-corrected chi connectivity index (χ3v) is 8.35. The summed E-state index contributed by atoms with van der Waals surface area (Å²) in [6.07, 6.45) is -0.572. The summed E-state index contributed by atoms with van der Waals surface area (Å²) in [4.78, 5) is 23.9. The van der Waals surface area contributed by atoms with Crippen molar-refractivity contribution in [2.75, 3.05) is 23.7 Å². The Hall–Kier alpha value is -4.32. The monoisotopic (exact) mass is 636 g/mol. The topological polar surface area (TPSA) is 84.6 Å². The van der Waals surface area contributed by atoms with Gasteiger partial charge in [0.1, 0.15) is 12.1 Å². The van der Waals surface area contributed by atoms with Crippen LogP contribution >= 0.6 is 11.8 Å². The van der Waals surface area contributed by atoms with Crippen LogP contribution in [0.2, 0.25) is 0 Å². The van der Waals surface area contributed by atoms with Gasteiger partial charge in [0.05, 0.1) is 5.69 Å². The van der Waals surface area contributed by atoms with Gasteiger partial charge in [0.2, 0.25) is 0 Å². The Bertz CT molecular complexity index is 1640. The molecular weight excluding hydrogens is 601 g/mol. The number of ether oxygens (including phenoxy) is 1. The summed E-state index contributed by atoms with van der Waals surface area (Å²) in [6.45, 7) is 7.62. The molecule has 0 atom stereocenters. The molecule has 1 aromatic heterocycles. The Kier molecular flexibility index (Phi) is 9.81. The van der Waals surface area contributed by atoms with E-state index in [-0.39, 0.29) is 17.2 Å². The molecule has 12 heteroatoms. The summed E-state index contributed by atoms with van der Waals surface area (Å²) in [7, 11) is 0. The number of anilines is 1. The molecule has 0 radical (unpaired) electrons. The third-order valence-electron chi connectivity index (χ3n) is 7.29. The first-order valence-electron chi connectivity index (χ1n) is 14.7. The van der Waals surface area contributed by atoms with Crippen LogP contribution < -0.4 is 15.0 Å². The number of hydrogen-bond donors (Lipinski definition) is 1. The second-order valence-electron chi connectivity index (χ2n) is 11.5. The number of amidine groups is 1. The predicted octanol–water partition coefficient (Wildman–Crippen LogP) is 7.67. The SMILES string of the molecule is CCc1ccccc1N1CCCSC1=NC(=O)NCC(C)(C)Cc1ccc(-c2ncn(-c3ccc(OC(F)(F)F)cc3)n2)cc1. The minimum atomic E-state index is -4.75. The van der Waals surface area contributed by atoms with Crippen molar-refractivity contribution in [1.82, 2.24) is 20.1 Å². The molecule has 4 aromatic rings. The van der Waals surface area contributed by atoms with Crippen molar-refractivity contribution >= 4 is 28.6 Å². The van der Waals surface area contributed by atoms with Crippen molar-refractivity contribution in [2.24, 2.45) is 10.4 Å². The highest BCUT2D eigenvalue weighted by Gasteiger charge is 2.31. The van der Waals surface area contributed by atoms with Crippen molar-refractivity contribution in [3.63, 3.8) is 0 Å². The lowest BCUT2D eigenvalue weighted by atomic mass is 9.85. The Morgan fingerprint density at radius 1 is 1.04 bits per heavy atom. The summed E-state index contributed by atoms with van der Waals surface area (Å²) in [5, 5.41) is 8.21. The molecule has 0 unspecified atom stereocenters. The molecule has 236 valence electrons. The molecule has 0 bridgehead atoms. The second kappa shape index (κ2) is 13.8. The molecular formula is C33H35F3N6O2S. The van der Waals surface area contributed by atoms with E-state index in [0.29, 0.717) is 18.1 Å². The van der Waals surface area contributed by atoms with Gasteiger partial charge in [0.25, 0.3) is 0 Å². The van der Waals surface area contributed by atoms with Gasteiger partial charge in [0.15, 0.2) is 11.0 Å². The van der Waals surface area contributed by atoms with E-state index in [9.17, 15) is 18.0 Å². The van der Waals surface area contributed by atoms with Crippen LogP contribution in [0.3, 0.4) is 0 Å². The fourth-order valence-electron chi connectivity index (χ4n) is 5.10. The Morgan fingerprint density at radius 3 is 2.49 bits per heavy atom. The number of amides is 2. The van der Waals surface area contributed by atoms with Crippen LogP contribution in [0.5, 0.6) is 5.75 Å². The van der Waals surface area contributed by atoms with E-state index in [1.54, 1.807) is 11.8 Å². The van der Waals surface area contributed by atoms with Crippen molar-refractivity contribution in [3.05, 3.63) is 90.3 Å². The summed E-state index contributed by atoms with van der Waals surface area (Å²) in [6, 6.07) is 21.2. The van der Waals surface area contributed by atoms with Crippen LogP contribution in [-0.4, -0.2) is 51.2 Å². The highest BCUT2D eigenvalue weighted by atomic mass is 32.2. The Morgan fingerprint density at radius 2 is 1.78 bits per heavy atom. The molecule has 5 rings (SSSR count). The van der Waals surface area contributed by atoms with E-state index in [1.165, 1.54) is 40.8 Å². The van der Waals surface area contributed by atoms with E-state index < -0.39 is 6.36 Å². The number of carbonyl (C=O) groups is 1. The maximum atomic E-state index is 12.9. The number of aromatic nitrogens is 3. The molecule has 0 spiro atoms. The molecule has 1 fully saturated rings. The number of rotatable bonds is 9. The molecule has 0 saturated carbocycles. The van der Waals surface area contributed by atoms with Crippen molar-refractivity contribution in [3.8, 4) is 22.8 Å². The average molecular weight is 637 g/mol. The van der Waals surface area contributed by atoms with Gasteiger partial charge in [-0.15, -0.1) is 18.3 Å². The highest BCUT2D eigenvalue weighted by Crippen LogP contribution is 2.29. The van der Waals surface area contributed by atoms with Crippen LogP contribution in [0, 0.1) is 5.41 Å². The van der Waals surface area contributed by atoms with Crippen LogP contribution in [0.15, 0.2) is 84.1 Å². The maximum Gasteiger partial charge on any atom is 0.573 e. The molecule has 1 N–H and O–H groups in total. The smallest absolute Gasteiger partial charge is 0.406 e. The molecule has 1 aliphatic heterocycles. The van der Waals surface area contributed by atoms with Gasteiger partial charge < -0.3 is 15.0 Å². The molecule has 2 heterocycles. The molecule has 1 aliphatic rings. The van der Waals surface area contributed by atoms with Crippen molar-refractivity contribution in [1.29, 1.82) is 0 Å². The molecule has 3 aromatic carbocycles. The number of nitrogens with zero attached hydrogens (tertiary/aromatic N) is 5. The van der Waals surface area contributed by atoms with Crippen LogP contribution in [0.4, 0.5) is 23.7 Å². The van der Waals surface area contributed by atoms with E-state index in [0.717, 1.165) is 53.5 Å². The largest absolute Gasteiger partial charge is 0.573 e. The Labute approximate surface area is 264 Å². The molecule has 2 amide bonds. The van der Waals surface area contributed by atoms with Gasteiger partial charge >= 0.3 is 12.4 Å². The van der Waals surface area contributed by atoms with Gasteiger partial charge in [0, 0.05) is 30.1 Å². The standard InChI is InChI=1S/C33H35F3N6O2S/c1-4-24-8-5-6-9-28(24)41-18-7-19-45-31(41)39-30(43)37-21-32(2,3)20-23-10-12-25(13-11-23)29-38-22-42(40-29)26-14-16-27(17-15-26)44-33(34,35)36/h5-6,8-17,22H,4,7,18-21H2,1-3H3,(H,37,43). The van der Waals surface area contributed by atoms with Gasteiger partial charge in [-0.05, 0) is 66.1 Å². The second-order valence-corrected chi connectivity index (χ2v) is 12.5. The number of thioether (sulfide) groups is 1. The number of halogens is 3. The van der Waals surface area contributed by atoms with Crippen molar-refractivity contribution < 1.29 is 22.7 Å². The highest BCUT2D eigenvalue weighted by molar-refractivity contribution is 8.14. The number of aryl methyl sites for hydroxylation is 1. The molecule has 1 saturated heterocycles. The summed E-state index contributed by atoms with van der Waals surface area (Å²) in [5.41, 5.74) is 4.56. The first-order valence-corrected chi connectivity index (χ1v) is 15.7. The Balaban J connectivity index is 1.17. The summed E-state index contributed by atoms with van der Waals surface area (Å²) in [5.74, 6) is 1.11. The molecule has 45 heavy (non-hydrogen) atoms. The molecule has 8 nitrogen and oxygen atoms in total. The van der Waals surface area contributed by atoms with Gasteiger partial charge in [-0.3, -0.25) is 0 Å². The fraction of sp³-hybridized carbons (Fsp3) is 0.333. The van der Waals surface area contributed by atoms with E-state index in [4.69, 9.17) is 0 Å². The average Bonchev–Trinajstić information content (AvgIpc) is 3.51. The van der Waals surface area contributed by atoms with Crippen LogP contribution in [0.1, 0.15) is 38.3 Å². The van der Waals surface area contributed by atoms with E-state index in [1.807, 2.05) is 36.4 Å². The summed E-state index contributed by atoms with van der Waals surface area (Å²) < 4.78 is 42.7. The number of urea groups is 1. The first-order chi connectivity index (χ1) is 21.5. The lowest BCUT2D eigenvalue weighted by molar-refractivity contribution is -0.274. The number of hydrogen-bond acceptors (Lipinski definition) is 5. The van der Waals surface area contributed by atoms with Gasteiger partial charge in [-0.2, -0.15) is 4.99 Å². The zero-order chi connectivity index (χ0) is 32.0. The number of carbonyl (C=O) groups excluding carboxylic acids is 1. The third kappa shape index (κ3) is 8.65. The predicted molar refractivity (Wildman–Crippen MR) is 172 cm³/mol. The van der Waals surface area contributed by atoms with Crippen LogP contribution in [0.25, 0.3) is 17.1 Å².